The third-order valence-corrected chi connectivity index (χ3v) is 4.78. The van der Waals surface area contributed by atoms with Gasteiger partial charge in [-0.15, -0.1) is 0 Å². The fourth-order valence-corrected chi connectivity index (χ4v) is 3.68. The van der Waals surface area contributed by atoms with E-state index >= 15 is 0 Å². The first-order valence-electron chi connectivity index (χ1n) is 8.79. The summed E-state index contributed by atoms with van der Waals surface area (Å²) >= 11 is 0. The molecule has 4 heteroatoms. The Hall–Kier alpha value is -2.36. The van der Waals surface area contributed by atoms with Crippen LogP contribution >= 0.6 is 0 Å². The van der Waals surface area contributed by atoms with Crippen molar-refractivity contribution in [1.29, 1.82) is 0 Å². The molecule has 1 aromatic rings. The molecular weight excluding hydrogens is 316 g/mol. The standard InChI is InChI=1S/C21H24O4/c1-13-11-16-8-7-14(2)18(21(16)19(12-13)24-15(3)22)10-9-17-5-4-6-20(23)25-17/h4,6-10,13,17,19H,5,11-12H2,1-3H3/b10-9+/t13-,17+,19+/m1/s1. The number of hydrogen-bond acceptors (Lipinski definition) is 4. The van der Waals surface area contributed by atoms with Crippen LogP contribution in [0.5, 0.6) is 0 Å². The predicted octanol–water partition coefficient (Wildman–Crippen LogP) is 4.07. The lowest BCUT2D eigenvalue weighted by Crippen LogP contribution is -2.22. The van der Waals surface area contributed by atoms with E-state index in [0.29, 0.717) is 12.3 Å². The monoisotopic (exact) mass is 340 g/mol. The topological polar surface area (TPSA) is 52.6 Å². The maximum atomic E-state index is 11.6. The Morgan fingerprint density at radius 1 is 1.36 bits per heavy atom. The van der Waals surface area contributed by atoms with Gasteiger partial charge in [0.1, 0.15) is 12.2 Å². The smallest absolute Gasteiger partial charge is 0.331 e. The number of carbonyl (C=O) groups excluding carboxylic acids is 2. The summed E-state index contributed by atoms with van der Waals surface area (Å²) < 4.78 is 10.9. The van der Waals surface area contributed by atoms with Crippen molar-refractivity contribution in [3.63, 3.8) is 0 Å². The number of carbonyl (C=O) groups is 2. The van der Waals surface area contributed by atoms with Gasteiger partial charge in [0.05, 0.1) is 0 Å². The summed E-state index contributed by atoms with van der Waals surface area (Å²) in [5.41, 5.74) is 4.53. The highest BCUT2D eigenvalue weighted by atomic mass is 16.5. The van der Waals surface area contributed by atoms with Crippen molar-refractivity contribution in [2.75, 3.05) is 0 Å². The van der Waals surface area contributed by atoms with E-state index in [2.05, 4.69) is 26.0 Å². The fourth-order valence-electron chi connectivity index (χ4n) is 3.68. The van der Waals surface area contributed by atoms with Crippen molar-refractivity contribution in [2.24, 2.45) is 5.92 Å². The number of esters is 2. The SMILES string of the molecule is CC(=O)O[C@H]1C[C@H](C)Cc2ccc(C)c(/C=C/[C@@H]3CC=CC(=O)O3)c21. The van der Waals surface area contributed by atoms with Gasteiger partial charge in [0.25, 0.3) is 0 Å². The molecule has 0 unspecified atom stereocenters. The average Bonchev–Trinajstić information content (AvgIpc) is 2.53. The molecule has 1 heterocycles. The molecule has 4 nitrogen and oxygen atoms in total. The Labute approximate surface area is 148 Å². The molecule has 3 atom stereocenters. The number of ether oxygens (including phenoxy) is 2. The van der Waals surface area contributed by atoms with E-state index in [9.17, 15) is 9.59 Å². The van der Waals surface area contributed by atoms with Crippen LogP contribution in [0, 0.1) is 12.8 Å². The second-order valence-electron chi connectivity index (χ2n) is 6.98. The van der Waals surface area contributed by atoms with Crippen LogP contribution in [0.4, 0.5) is 0 Å². The molecule has 0 fully saturated rings. The highest BCUT2D eigenvalue weighted by Crippen LogP contribution is 2.39. The second kappa shape index (κ2) is 7.26. The first-order chi connectivity index (χ1) is 11.9. The van der Waals surface area contributed by atoms with Crippen LogP contribution in [0.3, 0.4) is 0 Å². The number of rotatable bonds is 3. The van der Waals surface area contributed by atoms with Gasteiger partial charge < -0.3 is 9.47 Å². The minimum atomic E-state index is -0.306. The van der Waals surface area contributed by atoms with Gasteiger partial charge in [0, 0.05) is 25.0 Å². The molecule has 1 aliphatic heterocycles. The number of fused-ring (bicyclic) bond motifs is 1. The summed E-state index contributed by atoms with van der Waals surface area (Å²) in [5, 5.41) is 0. The first-order valence-corrected chi connectivity index (χ1v) is 8.79. The van der Waals surface area contributed by atoms with Crippen molar-refractivity contribution < 1.29 is 19.1 Å². The molecule has 3 rings (SSSR count). The molecule has 132 valence electrons. The van der Waals surface area contributed by atoms with Crippen molar-refractivity contribution in [3.05, 3.63) is 52.6 Å². The van der Waals surface area contributed by atoms with Gasteiger partial charge in [-0.3, -0.25) is 4.79 Å². The minimum Gasteiger partial charge on any atom is -0.458 e. The normalized spacial score (nSPS) is 25.6. The van der Waals surface area contributed by atoms with E-state index in [0.717, 1.165) is 29.5 Å². The van der Waals surface area contributed by atoms with E-state index in [1.807, 2.05) is 18.2 Å². The number of cyclic esters (lactones) is 1. The van der Waals surface area contributed by atoms with Crippen molar-refractivity contribution in [3.8, 4) is 0 Å². The zero-order valence-electron chi connectivity index (χ0n) is 15.0. The highest BCUT2D eigenvalue weighted by molar-refractivity contribution is 5.83. The Kier molecular flexibility index (Phi) is 5.07. The summed E-state index contributed by atoms with van der Waals surface area (Å²) in [6.07, 6.45) is 9.25. The number of aryl methyl sites for hydroxylation is 1. The van der Waals surface area contributed by atoms with E-state index in [4.69, 9.17) is 9.47 Å². The van der Waals surface area contributed by atoms with Gasteiger partial charge in [-0.25, -0.2) is 4.79 Å². The molecule has 1 aromatic carbocycles. The number of hydrogen-bond donors (Lipinski definition) is 0. The van der Waals surface area contributed by atoms with E-state index < -0.39 is 0 Å². The molecular formula is C21H24O4. The fraction of sp³-hybridized carbons (Fsp3) is 0.429. The lowest BCUT2D eigenvalue weighted by atomic mass is 9.79. The summed E-state index contributed by atoms with van der Waals surface area (Å²) in [6, 6.07) is 4.24. The van der Waals surface area contributed by atoms with E-state index in [1.54, 1.807) is 0 Å². The quantitative estimate of drug-likeness (QED) is 0.779. The molecule has 0 spiro atoms. The van der Waals surface area contributed by atoms with Crippen LogP contribution in [-0.4, -0.2) is 18.0 Å². The molecule has 0 N–H and O–H groups in total. The molecule has 0 amide bonds. The second-order valence-corrected chi connectivity index (χ2v) is 6.98. The van der Waals surface area contributed by atoms with Crippen LogP contribution in [0.1, 0.15) is 55.0 Å². The summed E-state index contributed by atoms with van der Waals surface area (Å²) in [4.78, 5) is 23.0. The zero-order valence-corrected chi connectivity index (χ0v) is 15.0. The maximum absolute atomic E-state index is 11.6. The molecule has 2 aliphatic rings. The first kappa shape index (κ1) is 17.5. The van der Waals surface area contributed by atoms with Gasteiger partial charge in [0.15, 0.2) is 0 Å². The molecule has 0 radical (unpaired) electrons. The zero-order chi connectivity index (χ0) is 18.0. The van der Waals surface area contributed by atoms with Crippen molar-refractivity contribution >= 4 is 18.0 Å². The van der Waals surface area contributed by atoms with Gasteiger partial charge >= 0.3 is 11.9 Å². The lowest BCUT2D eigenvalue weighted by Gasteiger charge is -2.31. The Morgan fingerprint density at radius 3 is 2.88 bits per heavy atom. The van der Waals surface area contributed by atoms with Gasteiger partial charge in [-0.05, 0) is 48.4 Å². The Morgan fingerprint density at radius 2 is 2.16 bits per heavy atom. The Bertz CT molecular complexity index is 745. The third kappa shape index (κ3) is 4.01. The molecule has 0 saturated carbocycles. The summed E-state index contributed by atoms with van der Waals surface area (Å²) in [5.74, 6) is -0.0898. The molecule has 0 bridgehead atoms. The lowest BCUT2D eigenvalue weighted by molar-refractivity contribution is -0.148. The maximum Gasteiger partial charge on any atom is 0.331 e. The third-order valence-electron chi connectivity index (χ3n) is 4.78. The van der Waals surface area contributed by atoms with Crippen molar-refractivity contribution in [2.45, 2.75) is 52.2 Å². The van der Waals surface area contributed by atoms with Crippen LogP contribution in [0.15, 0.2) is 30.4 Å². The molecule has 1 aliphatic carbocycles. The Balaban J connectivity index is 1.96. The molecule has 0 saturated heterocycles. The molecule has 0 aromatic heterocycles. The summed E-state index contributed by atoms with van der Waals surface area (Å²) in [7, 11) is 0. The number of benzene rings is 1. The molecule has 25 heavy (non-hydrogen) atoms. The predicted molar refractivity (Wildman–Crippen MR) is 95.8 cm³/mol. The highest BCUT2D eigenvalue weighted by Gasteiger charge is 2.29. The van der Waals surface area contributed by atoms with Crippen LogP contribution in [0.2, 0.25) is 0 Å². The van der Waals surface area contributed by atoms with Crippen LogP contribution < -0.4 is 0 Å². The van der Waals surface area contributed by atoms with Gasteiger partial charge in [0.2, 0.25) is 0 Å². The van der Waals surface area contributed by atoms with Gasteiger partial charge in [-0.2, -0.15) is 0 Å². The van der Waals surface area contributed by atoms with Crippen LogP contribution in [-0.2, 0) is 25.5 Å². The van der Waals surface area contributed by atoms with Crippen LogP contribution in [0.25, 0.3) is 6.08 Å². The summed E-state index contributed by atoms with van der Waals surface area (Å²) in [6.45, 7) is 5.69. The van der Waals surface area contributed by atoms with Crippen molar-refractivity contribution in [1.82, 2.24) is 0 Å². The van der Waals surface area contributed by atoms with E-state index in [-0.39, 0.29) is 24.1 Å². The van der Waals surface area contributed by atoms with E-state index in [1.165, 1.54) is 18.6 Å². The average molecular weight is 340 g/mol. The van der Waals surface area contributed by atoms with Gasteiger partial charge in [-0.1, -0.05) is 31.2 Å². The minimum absolute atomic E-state index is 0.218. The largest absolute Gasteiger partial charge is 0.458 e.